The van der Waals surface area contributed by atoms with Gasteiger partial charge in [0.2, 0.25) is 5.91 Å². The molecule has 0 aliphatic rings. The molecule has 0 radical (unpaired) electrons. The predicted octanol–water partition coefficient (Wildman–Crippen LogP) is 4.05. The maximum absolute atomic E-state index is 11.8. The van der Waals surface area contributed by atoms with Crippen molar-refractivity contribution in [2.75, 3.05) is 24.2 Å². The Balaban J connectivity index is 3.50. The molecule has 0 aliphatic carbocycles. The predicted molar refractivity (Wildman–Crippen MR) is 130 cm³/mol. The van der Waals surface area contributed by atoms with Gasteiger partial charge < -0.3 is 24.6 Å². The molecule has 190 valence electrons. The summed E-state index contributed by atoms with van der Waals surface area (Å²) in [5, 5.41) is 2.88. The van der Waals surface area contributed by atoms with Crippen molar-refractivity contribution < 1.29 is 38.2 Å². The monoisotopic (exact) mass is 507 g/mol. The van der Waals surface area contributed by atoms with Crippen molar-refractivity contribution in [2.24, 2.45) is 0 Å². The second kappa shape index (κ2) is 18.8. The minimum Gasteiger partial charge on any atom is -0.393 e. The molecule has 0 unspecified atom stereocenters. The fourth-order valence-corrected chi connectivity index (χ4v) is 4.11. The third-order valence-electron chi connectivity index (χ3n) is 4.40. The van der Waals surface area contributed by atoms with Gasteiger partial charge in [-0.15, -0.1) is 0 Å². The van der Waals surface area contributed by atoms with Crippen LogP contribution in [0.4, 0.5) is 0 Å². The molecule has 33 heavy (non-hydrogen) atoms. The van der Waals surface area contributed by atoms with Gasteiger partial charge in [0.05, 0.1) is 6.42 Å². The first-order valence-electron chi connectivity index (χ1n) is 11.2. The highest BCUT2D eigenvalue weighted by Gasteiger charge is 2.12. The van der Waals surface area contributed by atoms with Crippen LogP contribution in [0.25, 0.3) is 0 Å². The van der Waals surface area contributed by atoms with Crippen molar-refractivity contribution in [1.82, 2.24) is 5.32 Å². The van der Waals surface area contributed by atoms with E-state index in [2.05, 4.69) is 23.2 Å². The Bertz CT molecular complexity index is 692. The molecule has 0 aromatic carbocycles. The van der Waals surface area contributed by atoms with Crippen LogP contribution in [0.2, 0.25) is 0 Å². The quantitative estimate of drug-likeness (QED) is 0.0732. The van der Waals surface area contributed by atoms with Crippen LogP contribution in [0, 0.1) is 0 Å². The van der Waals surface area contributed by atoms with Gasteiger partial charge in [0.1, 0.15) is 0 Å². The molecule has 9 nitrogen and oxygen atoms in total. The fraction of sp³-hybridized carbons (Fsp3) is 0.682. The Morgan fingerprint density at radius 1 is 0.879 bits per heavy atom. The molecule has 0 bridgehead atoms. The van der Waals surface area contributed by atoms with Gasteiger partial charge >= 0.3 is 19.5 Å². The molecular weight excluding hydrogens is 469 g/mol. The number of carbonyl (C=O) groups is 3. The molecule has 0 rings (SSSR count). The van der Waals surface area contributed by atoms with Crippen LogP contribution >= 0.6 is 19.4 Å². The number of nitrogens with one attached hydrogen (secondary N) is 1. The van der Waals surface area contributed by atoms with E-state index in [0.29, 0.717) is 30.9 Å². The zero-order valence-corrected chi connectivity index (χ0v) is 21.2. The lowest BCUT2D eigenvalue weighted by Gasteiger charge is -2.07. The van der Waals surface area contributed by atoms with Crippen LogP contribution in [0.5, 0.6) is 0 Å². The van der Waals surface area contributed by atoms with Crippen LogP contribution in [-0.2, 0) is 28.4 Å². The number of unbranched alkanes of at least 4 members (excludes halogenated alkanes) is 7. The zero-order chi connectivity index (χ0) is 25.1. The van der Waals surface area contributed by atoms with Gasteiger partial charge in [0.25, 0.3) is 5.95 Å². The maximum atomic E-state index is 11.8. The van der Waals surface area contributed by atoms with E-state index in [-0.39, 0.29) is 30.0 Å². The number of rotatable bonds is 20. The van der Waals surface area contributed by atoms with Crippen molar-refractivity contribution in [1.29, 1.82) is 0 Å². The van der Waals surface area contributed by atoms with E-state index in [4.69, 9.17) is 14.5 Å². The van der Waals surface area contributed by atoms with E-state index in [1.165, 1.54) is 18.7 Å². The van der Waals surface area contributed by atoms with Crippen molar-refractivity contribution >= 4 is 37.2 Å². The SMILES string of the molecule is C=C(OC(=O)CCSCCC(=O)NCCCCCCCCCCP(=O)(O)O)OC(=O)C(=C)C. The highest BCUT2D eigenvalue weighted by molar-refractivity contribution is 7.99. The Hall–Kier alpha value is -1.61. The average molecular weight is 508 g/mol. The number of hydrogen-bond acceptors (Lipinski definition) is 7. The molecule has 11 heteroatoms. The van der Waals surface area contributed by atoms with Crippen LogP contribution < -0.4 is 5.32 Å². The van der Waals surface area contributed by atoms with Gasteiger partial charge in [-0.1, -0.05) is 45.1 Å². The Labute approximate surface area is 200 Å². The van der Waals surface area contributed by atoms with Crippen molar-refractivity contribution in [3.8, 4) is 0 Å². The van der Waals surface area contributed by atoms with Gasteiger partial charge in [0, 0.05) is 36.2 Å². The summed E-state index contributed by atoms with van der Waals surface area (Å²) >= 11 is 1.46. The molecule has 0 atom stereocenters. The standard InChI is InChI=1S/C22H38NO8PS/c1-18(2)22(26)31-19(3)30-21(25)13-17-33-16-12-20(24)23-14-10-8-6-4-5-7-9-11-15-32(27,28)29/h1,3-17H2,2H3,(H,23,24)(H2,27,28,29). The summed E-state index contributed by atoms with van der Waals surface area (Å²) < 4.78 is 20.2. The highest BCUT2D eigenvalue weighted by Crippen LogP contribution is 2.35. The lowest BCUT2D eigenvalue weighted by Crippen LogP contribution is -2.24. The van der Waals surface area contributed by atoms with E-state index in [9.17, 15) is 18.9 Å². The lowest BCUT2D eigenvalue weighted by molar-refractivity contribution is -0.151. The molecular formula is C22H38NO8PS. The largest absolute Gasteiger partial charge is 0.393 e. The summed E-state index contributed by atoms with van der Waals surface area (Å²) in [4.78, 5) is 52.3. The molecule has 3 N–H and O–H groups in total. The summed E-state index contributed by atoms with van der Waals surface area (Å²) in [5.41, 5.74) is 0.173. The van der Waals surface area contributed by atoms with Crippen LogP contribution in [-0.4, -0.2) is 51.8 Å². The zero-order valence-electron chi connectivity index (χ0n) is 19.5. The van der Waals surface area contributed by atoms with Crippen molar-refractivity contribution in [3.05, 3.63) is 24.7 Å². The first kappa shape index (κ1) is 31.4. The number of hydrogen-bond donors (Lipinski definition) is 3. The second-order valence-corrected chi connectivity index (χ2v) is 10.7. The number of amides is 1. The number of thioether (sulfide) groups is 1. The van der Waals surface area contributed by atoms with Gasteiger partial charge in [-0.2, -0.15) is 11.8 Å². The van der Waals surface area contributed by atoms with E-state index in [0.717, 1.165) is 44.9 Å². The van der Waals surface area contributed by atoms with Crippen LogP contribution in [0.15, 0.2) is 24.7 Å². The van der Waals surface area contributed by atoms with Crippen LogP contribution in [0.1, 0.15) is 71.1 Å². The van der Waals surface area contributed by atoms with E-state index in [1.54, 1.807) is 0 Å². The minimum atomic E-state index is -3.85. The van der Waals surface area contributed by atoms with E-state index < -0.39 is 19.5 Å². The molecule has 0 fully saturated rings. The van der Waals surface area contributed by atoms with Crippen molar-refractivity contribution in [3.63, 3.8) is 0 Å². The Morgan fingerprint density at radius 3 is 2.00 bits per heavy atom. The molecule has 0 heterocycles. The first-order valence-corrected chi connectivity index (χ1v) is 14.1. The number of esters is 2. The lowest BCUT2D eigenvalue weighted by atomic mass is 10.1. The first-order chi connectivity index (χ1) is 15.5. The summed E-state index contributed by atoms with van der Waals surface area (Å²) in [7, 11) is -3.85. The average Bonchev–Trinajstić information content (AvgIpc) is 2.70. The van der Waals surface area contributed by atoms with Gasteiger partial charge in [-0.05, 0) is 26.3 Å². The van der Waals surface area contributed by atoms with E-state index in [1.807, 2.05) is 0 Å². The fourth-order valence-electron chi connectivity index (χ4n) is 2.63. The summed E-state index contributed by atoms with van der Waals surface area (Å²) in [6.45, 7) is 8.87. The molecule has 1 amide bonds. The Kier molecular flexibility index (Phi) is 17.9. The summed E-state index contributed by atoms with van der Waals surface area (Å²) in [5.74, 6) is -0.597. The third-order valence-corrected chi connectivity index (χ3v) is 6.29. The normalized spacial score (nSPS) is 11.0. The topological polar surface area (TPSA) is 139 Å². The maximum Gasteiger partial charge on any atom is 0.340 e. The highest BCUT2D eigenvalue weighted by atomic mass is 32.2. The minimum absolute atomic E-state index is 0.0183. The number of ether oxygens (including phenoxy) is 2. The summed E-state index contributed by atoms with van der Waals surface area (Å²) in [6.07, 6.45) is 8.05. The van der Waals surface area contributed by atoms with Gasteiger partial charge in [0.15, 0.2) is 0 Å². The third kappa shape index (κ3) is 22.0. The van der Waals surface area contributed by atoms with Gasteiger partial charge in [-0.25, -0.2) is 4.79 Å². The summed E-state index contributed by atoms with van der Waals surface area (Å²) in [6, 6.07) is 0. The molecule has 0 aromatic heterocycles. The molecule has 0 saturated carbocycles. The Morgan fingerprint density at radius 2 is 1.42 bits per heavy atom. The second-order valence-electron chi connectivity index (χ2n) is 7.69. The van der Waals surface area contributed by atoms with E-state index >= 15 is 0 Å². The molecule has 0 spiro atoms. The smallest absolute Gasteiger partial charge is 0.340 e. The molecule has 0 aliphatic heterocycles. The molecule has 0 saturated heterocycles. The number of carbonyl (C=O) groups excluding carboxylic acids is 3. The van der Waals surface area contributed by atoms with Crippen LogP contribution in [0.3, 0.4) is 0 Å². The molecule has 0 aromatic rings. The van der Waals surface area contributed by atoms with Crippen molar-refractivity contribution in [2.45, 2.75) is 71.1 Å². The van der Waals surface area contributed by atoms with Gasteiger partial charge in [-0.3, -0.25) is 14.2 Å².